The van der Waals surface area contributed by atoms with Crippen LogP contribution < -0.4 is 31.3 Å². The third kappa shape index (κ3) is 10.1. The van der Waals surface area contributed by atoms with Crippen LogP contribution in [0, 0.1) is 0 Å². The lowest BCUT2D eigenvalue weighted by Crippen LogP contribution is -2.37. The number of benzene rings is 2. The predicted octanol–water partition coefficient (Wildman–Crippen LogP) is 1.66. The Morgan fingerprint density at radius 2 is 1.45 bits per heavy atom. The molecule has 1 fully saturated rings. The normalized spacial score (nSPS) is 13.0. The monoisotopic (exact) mass is 580 g/mol. The summed E-state index contributed by atoms with van der Waals surface area (Å²) in [4.78, 5) is 28.4. The van der Waals surface area contributed by atoms with E-state index < -0.39 is 0 Å². The van der Waals surface area contributed by atoms with Gasteiger partial charge in [0.25, 0.3) is 5.91 Å². The van der Waals surface area contributed by atoms with E-state index in [-0.39, 0.29) is 5.91 Å². The minimum Gasteiger partial charge on any atom is -0.497 e. The van der Waals surface area contributed by atoms with Crippen LogP contribution >= 0.6 is 0 Å². The average molecular weight is 581 g/mol. The van der Waals surface area contributed by atoms with Gasteiger partial charge in [0.2, 0.25) is 17.8 Å². The van der Waals surface area contributed by atoms with Gasteiger partial charge < -0.3 is 45.5 Å². The van der Waals surface area contributed by atoms with E-state index in [4.69, 9.17) is 24.7 Å². The summed E-state index contributed by atoms with van der Waals surface area (Å²) in [7, 11) is 1.65. The van der Waals surface area contributed by atoms with Crippen molar-refractivity contribution < 1.29 is 23.7 Å². The van der Waals surface area contributed by atoms with Gasteiger partial charge in [-0.3, -0.25) is 4.79 Å². The molecule has 13 nitrogen and oxygen atoms in total. The Hall–Kier alpha value is -4.04. The van der Waals surface area contributed by atoms with Crippen molar-refractivity contribution in [2.24, 2.45) is 5.73 Å². The van der Waals surface area contributed by atoms with E-state index in [9.17, 15) is 4.79 Å². The third-order valence-electron chi connectivity index (χ3n) is 6.36. The van der Waals surface area contributed by atoms with Crippen LogP contribution in [0.3, 0.4) is 0 Å². The second kappa shape index (κ2) is 17.0. The van der Waals surface area contributed by atoms with Gasteiger partial charge in [-0.05, 0) is 35.4 Å². The van der Waals surface area contributed by atoms with Gasteiger partial charge in [0.1, 0.15) is 5.75 Å². The summed E-state index contributed by atoms with van der Waals surface area (Å²) in [5, 5.41) is 9.46. The fourth-order valence-electron chi connectivity index (χ4n) is 4.05. The molecule has 0 spiro atoms. The highest BCUT2D eigenvalue weighted by Crippen LogP contribution is 2.18. The molecule has 4 rings (SSSR count). The maximum Gasteiger partial charge on any atom is 0.251 e. The molecule has 1 amide bonds. The Bertz CT molecular complexity index is 1220. The molecular formula is C29H40N8O5. The average Bonchev–Trinajstić information content (AvgIpc) is 3.04. The molecule has 0 atom stereocenters. The highest BCUT2D eigenvalue weighted by molar-refractivity contribution is 5.94. The predicted molar refractivity (Wildman–Crippen MR) is 160 cm³/mol. The summed E-state index contributed by atoms with van der Waals surface area (Å²) < 4.78 is 21.4. The van der Waals surface area contributed by atoms with Gasteiger partial charge in [0.05, 0.1) is 46.8 Å². The van der Waals surface area contributed by atoms with Crippen molar-refractivity contribution >= 4 is 23.8 Å². The van der Waals surface area contributed by atoms with E-state index in [1.807, 2.05) is 36.4 Å². The summed E-state index contributed by atoms with van der Waals surface area (Å²) in [6, 6.07) is 15.2. The molecule has 42 heavy (non-hydrogen) atoms. The van der Waals surface area contributed by atoms with E-state index in [2.05, 4.69) is 35.8 Å². The summed E-state index contributed by atoms with van der Waals surface area (Å²) >= 11 is 0. The zero-order valence-corrected chi connectivity index (χ0v) is 24.0. The molecule has 1 aliphatic rings. The van der Waals surface area contributed by atoms with Gasteiger partial charge in [0, 0.05) is 44.8 Å². The molecule has 0 aliphatic carbocycles. The molecule has 2 aromatic carbocycles. The third-order valence-corrected chi connectivity index (χ3v) is 6.36. The zero-order valence-electron chi connectivity index (χ0n) is 24.0. The first kappa shape index (κ1) is 30.9. The van der Waals surface area contributed by atoms with Crippen LogP contribution in [0.4, 0.5) is 17.8 Å². The number of carbonyl (C=O) groups excluding carboxylic acids is 1. The number of methoxy groups -OCH3 is 1. The molecule has 0 radical (unpaired) electrons. The van der Waals surface area contributed by atoms with Crippen molar-refractivity contribution in [3.63, 3.8) is 0 Å². The molecule has 3 aromatic rings. The topological polar surface area (TPSA) is 158 Å². The quantitative estimate of drug-likeness (QED) is 0.171. The Morgan fingerprint density at radius 3 is 2.05 bits per heavy atom. The summed E-state index contributed by atoms with van der Waals surface area (Å²) in [6.45, 7) is 6.48. The summed E-state index contributed by atoms with van der Waals surface area (Å²) in [5.74, 6) is 2.17. The number of hydrogen-bond donors (Lipinski definition) is 4. The van der Waals surface area contributed by atoms with Gasteiger partial charge in [-0.1, -0.05) is 24.3 Å². The number of ether oxygens (including phenoxy) is 4. The minimum atomic E-state index is -0.155. The van der Waals surface area contributed by atoms with E-state index in [1.165, 1.54) is 0 Å². The van der Waals surface area contributed by atoms with E-state index in [0.29, 0.717) is 102 Å². The fraction of sp³-hybridized carbons (Fsp3) is 0.448. The summed E-state index contributed by atoms with van der Waals surface area (Å²) in [6.07, 6.45) is 0. The largest absolute Gasteiger partial charge is 0.497 e. The van der Waals surface area contributed by atoms with Crippen molar-refractivity contribution in [1.82, 2.24) is 20.3 Å². The number of aromatic nitrogens is 3. The number of morpholine rings is 1. The van der Waals surface area contributed by atoms with Gasteiger partial charge in [-0.25, -0.2) is 0 Å². The van der Waals surface area contributed by atoms with Gasteiger partial charge in [0.15, 0.2) is 0 Å². The number of nitrogens with two attached hydrogens (primary N) is 1. The van der Waals surface area contributed by atoms with Crippen LogP contribution in [0.1, 0.15) is 21.5 Å². The van der Waals surface area contributed by atoms with Crippen LogP contribution in [0.2, 0.25) is 0 Å². The highest BCUT2D eigenvalue weighted by Gasteiger charge is 2.17. The molecular weight excluding hydrogens is 540 g/mol. The first-order valence-corrected chi connectivity index (χ1v) is 14.1. The second-order valence-corrected chi connectivity index (χ2v) is 9.40. The number of anilines is 3. The van der Waals surface area contributed by atoms with E-state index in [1.54, 1.807) is 19.2 Å². The standard InChI is InChI=1S/C29H40N8O5/c1-39-25-8-4-23(5-9-25)21-33-28-34-27(35-29(36-28)37-12-16-42-17-13-37)32-20-22-2-6-24(7-3-22)26(38)31-11-15-41-19-18-40-14-10-30/h2-9H,10-21,30H2,1H3,(H,31,38)(H2,32,33,34,35,36). The van der Waals surface area contributed by atoms with Gasteiger partial charge in [-0.15, -0.1) is 0 Å². The number of rotatable bonds is 17. The first-order valence-electron chi connectivity index (χ1n) is 14.1. The molecule has 0 bridgehead atoms. The van der Waals surface area contributed by atoms with Crippen molar-refractivity contribution in [2.45, 2.75) is 13.1 Å². The number of carbonyl (C=O) groups is 1. The molecule has 1 aromatic heterocycles. The second-order valence-electron chi connectivity index (χ2n) is 9.40. The fourth-order valence-corrected chi connectivity index (χ4v) is 4.05. The molecule has 226 valence electrons. The zero-order chi connectivity index (χ0) is 29.4. The van der Waals surface area contributed by atoms with Gasteiger partial charge >= 0.3 is 0 Å². The lowest BCUT2D eigenvalue weighted by molar-refractivity contribution is 0.0511. The number of hydrogen-bond acceptors (Lipinski definition) is 12. The van der Waals surface area contributed by atoms with Crippen LogP contribution in [0.15, 0.2) is 48.5 Å². The lowest BCUT2D eigenvalue weighted by atomic mass is 10.1. The van der Waals surface area contributed by atoms with Crippen LogP contribution in [0.25, 0.3) is 0 Å². The van der Waals surface area contributed by atoms with Crippen molar-refractivity contribution in [3.8, 4) is 5.75 Å². The minimum absolute atomic E-state index is 0.155. The maximum absolute atomic E-state index is 12.5. The number of nitrogens with zero attached hydrogens (tertiary/aromatic N) is 4. The number of nitrogens with one attached hydrogen (secondary N) is 3. The van der Waals surface area contributed by atoms with Crippen LogP contribution in [-0.4, -0.2) is 93.8 Å². The Kier molecular flexibility index (Phi) is 12.5. The van der Waals surface area contributed by atoms with Crippen molar-refractivity contribution in [3.05, 3.63) is 65.2 Å². The molecule has 5 N–H and O–H groups in total. The van der Waals surface area contributed by atoms with E-state index >= 15 is 0 Å². The lowest BCUT2D eigenvalue weighted by Gasteiger charge is -2.27. The SMILES string of the molecule is COc1ccc(CNc2nc(NCc3ccc(C(=O)NCCOCCOCCN)cc3)nc(N3CCOCC3)n2)cc1. The van der Waals surface area contributed by atoms with Crippen molar-refractivity contribution in [1.29, 1.82) is 0 Å². The van der Waals surface area contributed by atoms with Crippen molar-refractivity contribution in [2.75, 3.05) is 88.5 Å². The molecule has 13 heteroatoms. The van der Waals surface area contributed by atoms with E-state index in [0.717, 1.165) is 16.9 Å². The smallest absolute Gasteiger partial charge is 0.251 e. The molecule has 1 aliphatic heterocycles. The Balaban J connectivity index is 1.30. The number of amides is 1. The Morgan fingerprint density at radius 1 is 0.857 bits per heavy atom. The maximum atomic E-state index is 12.5. The summed E-state index contributed by atoms with van der Waals surface area (Å²) in [5.41, 5.74) is 7.99. The Labute approximate surface area is 246 Å². The molecule has 1 saturated heterocycles. The first-order chi connectivity index (χ1) is 20.6. The highest BCUT2D eigenvalue weighted by atomic mass is 16.5. The molecule has 2 heterocycles. The van der Waals surface area contributed by atoms with Crippen LogP contribution in [0.5, 0.6) is 5.75 Å². The molecule has 0 unspecified atom stereocenters. The van der Waals surface area contributed by atoms with Crippen LogP contribution in [-0.2, 0) is 27.3 Å². The van der Waals surface area contributed by atoms with Gasteiger partial charge in [-0.2, -0.15) is 15.0 Å². The molecule has 0 saturated carbocycles.